The van der Waals surface area contributed by atoms with Gasteiger partial charge in [-0.2, -0.15) is 5.26 Å². The lowest BCUT2D eigenvalue weighted by atomic mass is 9.70. The number of ether oxygens (including phenoxy) is 1. The first-order valence-corrected chi connectivity index (χ1v) is 7.88. The first-order chi connectivity index (χ1) is 11.3. The highest BCUT2D eigenvalue weighted by Crippen LogP contribution is 2.46. The van der Waals surface area contributed by atoms with Gasteiger partial charge in [0, 0.05) is 18.4 Å². The predicted molar refractivity (Wildman–Crippen MR) is 88.8 cm³/mol. The Balaban J connectivity index is 2.12. The van der Waals surface area contributed by atoms with E-state index >= 15 is 0 Å². The Morgan fingerprint density at radius 2 is 2.21 bits per heavy atom. The highest BCUT2D eigenvalue weighted by molar-refractivity contribution is 5.99. The normalized spacial score (nSPS) is 23.7. The second-order valence-electron chi connectivity index (χ2n) is 7.11. The molecule has 1 aromatic heterocycles. The van der Waals surface area contributed by atoms with Crippen molar-refractivity contribution in [1.29, 1.82) is 5.26 Å². The minimum absolute atomic E-state index is 0.0127. The Morgan fingerprint density at radius 1 is 1.46 bits per heavy atom. The molecule has 2 N–H and O–H groups in total. The number of nitriles is 1. The SMILES string of the molecule is C/C(=C\c1ccco1)[C@@H]1C(C#N)=C(N)OC2=C1C(=O)CC(C)(C)C2. The number of furan rings is 1. The molecule has 5 heteroatoms. The Kier molecular flexibility index (Phi) is 3.84. The molecule has 0 aromatic carbocycles. The van der Waals surface area contributed by atoms with E-state index in [-0.39, 0.29) is 22.7 Å². The number of hydrogen-bond donors (Lipinski definition) is 1. The lowest BCUT2D eigenvalue weighted by molar-refractivity contribution is -0.119. The van der Waals surface area contributed by atoms with E-state index in [0.717, 1.165) is 5.57 Å². The summed E-state index contributed by atoms with van der Waals surface area (Å²) in [5.41, 5.74) is 7.46. The number of ketones is 1. The maximum atomic E-state index is 12.8. The summed E-state index contributed by atoms with van der Waals surface area (Å²) in [5.74, 6) is 0.871. The number of nitrogens with two attached hydrogens (primary N) is 1. The number of carbonyl (C=O) groups excluding carboxylic acids is 1. The average molecular weight is 324 g/mol. The molecule has 0 amide bonds. The molecule has 1 aliphatic heterocycles. The van der Waals surface area contributed by atoms with Crippen molar-refractivity contribution in [1.82, 2.24) is 0 Å². The average Bonchev–Trinajstić information content (AvgIpc) is 2.97. The summed E-state index contributed by atoms with van der Waals surface area (Å²) in [6.45, 7) is 5.93. The molecule has 24 heavy (non-hydrogen) atoms. The molecule has 124 valence electrons. The van der Waals surface area contributed by atoms with Crippen molar-refractivity contribution in [2.75, 3.05) is 0 Å². The highest BCUT2D eigenvalue weighted by atomic mass is 16.5. The van der Waals surface area contributed by atoms with Gasteiger partial charge < -0.3 is 14.9 Å². The molecule has 3 rings (SSSR count). The molecule has 0 bridgehead atoms. The molecular weight excluding hydrogens is 304 g/mol. The van der Waals surface area contributed by atoms with E-state index < -0.39 is 5.92 Å². The molecule has 2 heterocycles. The van der Waals surface area contributed by atoms with Crippen molar-refractivity contribution in [3.63, 3.8) is 0 Å². The van der Waals surface area contributed by atoms with E-state index in [1.807, 2.05) is 32.9 Å². The summed E-state index contributed by atoms with van der Waals surface area (Å²) >= 11 is 0. The van der Waals surface area contributed by atoms with Gasteiger partial charge in [-0.15, -0.1) is 0 Å². The number of Topliss-reactive ketones (excluding diaryl/α,β-unsaturated/α-hetero) is 1. The summed E-state index contributed by atoms with van der Waals surface area (Å²) in [6, 6.07) is 5.72. The molecule has 0 saturated carbocycles. The van der Waals surface area contributed by atoms with Gasteiger partial charge in [0.25, 0.3) is 0 Å². The molecule has 0 saturated heterocycles. The zero-order chi connectivity index (χ0) is 17.5. The summed E-state index contributed by atoms with van der Waals surface area (Å²) in [6.07, 6.45) is 4.46. The van der Waals surface area contributed by atoms with Gasteiger partial charge in [-0.05, 0) is 30.5 Å². The van der Waals surface area contributed by atoms with E-state index in [1.165, 1.54) is 0 Å². The smallest absolute Gasteiger partial charge is 0.205 e. The van der Waals surface area contributed by atoms with Gasteiger partial charge >= 0.3 is 0 Å². The lowest BCUT2D eigenvalue weighted by Crippen LogP contribution is -2.34. The van der Waals surface area contributed by atoms with Crippen molar-refractivity contribution in [3.8, 4) is 6.07 Å². The van der Waals surface area contributed by atoms with Crippen LogP contribution in [0.25, 0.3) is 6.08 Å². The van der Waals surface area contributed by atoms with E-state index in [9.17, 15) is 10.1 Å². The molecule has 1 aliphatic carbocycles. The molecular formula is C19H20N2O3. The Hall–Kier alpha value is -2.74. The summed E-state index contributed by atoms with van der Waals surface area (Å²) < 4.78 is 11.0. The van der Waals surface area contributed by atoms with Crippen LogP contribution < -0.4 is 5.73 Å². The van der Waals surface area contributed by atoms with Crippen LogP contribution in [-0.2, 0) is 9.53 Å². The second-order valence-corrected chi connectivity index (χ2v) is 7.11. The zero-order valence-corrected chi connectivity index (χ0v) is 14.1. The third-order valence-corrected chi connectivity index (χ3v) is 4.44. The van der Waals surface area contributed by atoms with Crippen molar-refractivity contribution in [2.45, 2.75) is 33.6 Å². The van der Waals surface area contributed by atoms with Crippen LogP contribution in [0.15, 0.2) is 51.2 Å². The summed E-state index contributed by atoms with van der Waals surface area (Å²) in [4.78, 5) is 12.8. The molecule has 0 fully saturated rings. The van der Waals surface area contributed by atoms with Gasteiger partial charge in [-0.3, -0.25) is 4.79 Å². The van der Waals surface area contributed by atoms with Crippen LogP contribution in [0, 0.1) is 22.7 Å². The number of allylic oxidation sites excluding steroid dienone is 4. The van der Waals surface area contributed by atoms with Crippen LogP contribution >= 0.6 is 0 Å². The Bertz CT molecular complexity index is 817. The summed E-state index contributed by atoms with van der Waals surface area (Å²) in [5, 5.41) is 9.53. The van der Waals surface area contributed by atoms with Crippen molar-refractivity contribution in [3.05, 3.63) is 52.5 Å². The monoisotopic (exact) mass is 324 g/mol. The minimum atomic E-state index is -0.479. The fourth-order valence-electron chi connectivity index (χ4n) is 3.42. The standard InChI is InChI=1S/C19H20N2O3/c1-11(7-12-5-4-6-23-12)16-13(10-20)18(21)24-15-9-19(2,3)8-14(22)17(15)16/h4-7,16H,8-9,21H2,1-3H3/b11-7+/t16-/m1/s1. The first-order valence-electron chi connectivity index (χ1n) is 7.88. The van der Waals surface area contributed by atoms with Crippen molar-refractivity contribution < 1.29 is 13.9 Å². The second kappa shape index (κ2) is 5.72. The quantitative estimate of drug-likeness (QED) is 0.896. The molecule has 0 radical (unpaired) electrons. The maximum Gasteiger partial charge on any atom is 0.205 e. The largest absolute Gasteiger partial charge is 0.465 e. The number of rotatable bonds is 2. The zero-order valence-electron chi connectivity index (χ0n) is 14.1. The van der Waals surface area contributed by atoms with Gasteiger partial charge in [0.1, 0.15) is 23.2 Å². The molecule has 5 nitrogen and oxygen atoms in total. The molecule has 1 aromatic rings. The van der Waals surface area contributed by atoms with Crippen molar-refractivity contribution >= 4 is 11.9 Å². The topological polar surface area (TPSA) is 89.2 Å². The maximum absolute atomic E-state index is 12.8. The molecule has 0 spiro atoms. The van der Waals surface area contributed by atoms with E-state index in [0.29, 0.717) is 29.9 Å². The van der Waals surface area contributed by atoms with Crippen LogP contribution in [0.4, 0.5) is 0 Å². The van der Waals surface area contributed by atoms with E-state index in [2.05, 4.69) is 6.07 Å². The minimum Gasteiger partial charge on any atom is -0.465 e. The highest BCUT2D eigenvalue weighted by Gasteiger charge is 2.42. The fourth-order valence-corrected chi connectivity index (χ4v) is 3.42. The van der Waals surface area contributed by atoms with Gasteiger partial charge in [0.05, 0.1) is 12.2 Å². The van der Waals surface area contributed by atoms with Gasteiger partial charge in [-0.25, -0.2) is 0 Å². The number of carbonyl (C=O) groups is 1. The van der Waals surface area contributed by atoms with Gasteiger partial charge in [0.2, 0.25) is 5.88 Å². The van der Waals surface area contributed by atoms with Gasteiger partial charge in [0.15, 0.2) is 5.78 Å². The van der Waals surface area contributed by atoms with Crippen LogP contribution in [0.3, 0.4) is 0 Å². The first kappa shape index (κ1) is 16.1. The molecule has 0 unspecified atom stereocenters. The van der Waals surface area contributed by atoms with E-state index in [1.54, 1.807) is 12.3 Å². The summed E-state index contributed by atoms with van der Waals surface area (Å²) in [7, 11) is 0. The van der Waals surface area contributed by atoms with E-state index in [4.69, 9.17) is 14.9 Å². The van der Waals surface area contributed by atoms with Crippen LogP contribution in [0.2, 0.25) is 0 Å². The Morgan fingerprint density at radius 3 is 2.83 bits per heavy atom. The van der Waals surface area contributed by atoms with Crippen molar-refractivity contribution in [2.24, 2.45) is 17.1 Å². The fraction of sp³-hybridized carbons (Fsp3) is 0.368. The Labute approximate surface area is 141 Å². The third-order valence-electron chi connectivity index (χ3n) is 4.44. The van der Waals surface area contributed by atoms with Crippen LogP contribution in [0.5, 0.6) is 0 Å². The predicted octanol–water partition coefficient (Wildman–Crippen LogP) is 3.67. The lowest BCUT2D eigenvalue weighted by Gasteiger charge is -2.37. The molecule has 2 aliphatic rings. The number of nitrogens with zero attached hydrogens (tertiary/aromatic N) is 1. The van der Waals surface area contributed by atoms with Crippen LogP contribution in [-0.4, -0.2) is 5.78 Å². The van der Waals surface area contributed by atoms with Crippen LogP contribution in [0.1, 0.15) is 39.4 Å². The van der Waals surface area contributed by atoms with Gasteiger partial charge in [-0.1, -0.05) is 19.4 Å². The third kappa shape index (κ3) is 2.76. The molecule has 1 atom stereocenters. The number of hydrogen-bond acceptors (Lipinski definition) is 5.